The number of carbonyl (C=O) groups is 1. The molecular formula is C21H24N4O2. The van der Waals surface area contributed by atoms with Crippen LogP contribution < -0.4 is 0 Å². The maximum atomic E-state index is 12.7. The molecule has 0 radical (unpaired) electrons. The number of fused-ring (bicyclic) bond motifs is 1. The van der Waals surface area contributed by atoms with Gasteiger partial charge in [0.05, 0.1) is 18.5 Å². The van der Waals surface area contributed by atoms with E-state index in [4.69, 9.17) is 4.74 Å². The van der Waals surface area contributed by atoms with Crippen LogP contribution in [-0.4, -0.2) is 52.1 Å². The molecule has 1 atom stereocenters. The van der Waals surface area contributed by atoms with Crippen LogP contribution in [0.3, 0.4) is 0 Å². The Morgan fingerprint density at radius 2 is 2.15 bits per heavy atom. The number of aryl methyl sites for hydroxylation is 2. The lowest BCUT2D eigenvalue weighted by molar-refractivity contribution is 0.0766. The van der Waals surface area contributed by atoms with Gasteiger partial charge in [-0.1, -0.05) is 30.3 Å². The van der Waals surface area contributed by atoms with Gasteiger partial charge < -0.3 is 14.2 Å². The third-order valence-electron chi connectivity index (χ3n) is 5.09. The third kappa shape index (κ3) is 4.01. The molecule has 6 nitrogen and oxygen atoms in total. The van der Waals surface area contributed by atoms with Crippen molar-refractivity contribution in [1.82, 2.24) is 19.4 Å². The summed E-state index contributed by atoms with van der Waals surface area (Å²) in [5.41, 5.74) is 3.43. The van der Waals surface area contributed by atoms with Crippen LogP contribution in [0.15, 0.2) is 48.9 Å². The molecular weight excluding hydrogens is 340 g/mol. The molecule has 1 unspecified atom stereocenters. The van der Waals surface area contributed by atoms with Crippen LogP contribution in [0.25, 0.3) is 11.2 Å². The molecule has 1 aliphatic heterocycles. The summed E-state index contributed by atoms with van der Waals surface area (Å²) in [6.45, 7) is 3.05. The number of benzene rings is 1. The van der Waals surface area contributed by atoms with Crippen LogP contribution >= 0.6 is 0 Å². The van der Waals surface area contributed by atoms with Crippen LogP contribution in [-0.2, 0) is 17.7 Å². The van der Waals surface area contributed by atoms with Gasteiger partial charge in [-0.15, -0.1) is 0 Å². The number of amides is 1. The maximum absolute atomic E-state index is 12.7. The Labute approximate surface area is 158 Å². The molecule has 140 valence electrons. The number of rotatable bonds is 6. The van der Waals surface area contributed by atoms with Gasteiger partial charge in [-0.05, 0) is 24.5 Å². The highest BCUT2D eigenvalue weighted by atomic mass is 16.5. The molecule has 27 heavy (non-hydrogen) atoms. The quantitative estimate of drug-likeness (QED) is 0.675. The summed E-state index contributed by atoms with van der Waals surface area (Å²) in [7, 11) is 1.84. The minimum Gasteiger partial charge on any atom is -0.381 e. The second-order valence-corrected chi connectivity index (χ2v) is 7.16. The number of carbonyl (C=O) groups excluding carboxylic acids is 1. The van der Waals surface area contributed by atoms with Crippen molar-refractivity contribution in [1.29, 1.82) is 0 Å². The molecule has 1 aliphatic rings. The molecule has 0 saturated carbocycles. The monoisotopic (exact) mass is 364 g/mol. The number of hydrogen-bond donors (Lipinski definition) is 0. The van der Waals surface area contributed by atoms with E-state index in [9.17, 15) is 4.79 Å². The van der Waals surface area contributed by atoms with Gasteiger partial charge in [0.15, 0.2) is 5.65 Å². The van der Waals surface area contributed by atoms with Crippen LogP contribution in [0.5, 0.6) is 0 Å². The maximum Gasteiger partial charge on any atom is 0.255 e. The topological polar surface area (TPSA) is 60.2 Å². The average Bonchev–Trinajstić information content (AvgIpc) is 3.35. The van der Waals surface area contributed by atoms with E-state index in [1.807, 2.05) is 35.9 Å². The first-order valence-electron chi connectivity index (χ1n) is 9.39. The van der Waals surface area contributed by atoms with Crippen molar-refractivity contribution in [3.8, 4) is 0 Å². The zero-order valence-corrected chi connectivity index (χ0v) is 15.5. The summed E-state index contributed by atoms with van der Waals surface area (Å²) >= 11 is 0. The first-order chi connectivity index (χ1) is 13.2. The zero-order valence-electron chi connectivity index (χ0n) is 15.5. The fourth-order valence-corrected chi connectivity index (χ4v) is 3.54. The van der Waals surface area contributed by atoms with Crippen LogP contribution in [0, 0.1) is 5.92 Å². The summed E-state index contributed by atoms with van der Waals surface area (Å²) in [5.74, 6) is 0.406. The first-order valence-corrected chi connectivity index (χ1v) is 9.39. The Hall–Kier alpha value is -2.73. The number of aromatic nitrogens is 3. The highest BCUT2D eigenvalue weighted by molar-refractivity contribution is 5.96. The molecule has 3 aromatic rings. The lowest BCUT2D eigenvalue weighted by atomic mass is 10.1. The predicted octanol–water partition coefficient (Wildman–Crippen LogP) is 2.78. The second kappa shape index (κ2) is 7.88. The van der Waals surface area contributed by atoms with Gasteiger partial charge in [0, 0.05) is 38.9 Å². The van der Waals surface area contributed by atoms with Gasteiger partial charge in [-0.2, -0.15) is 0 Å². The Bertz CT molecular complexity index is 916. The SMILES string of the molecule is CN(CC1CCOC1)C(=O)c1cnc2c(c1)ncn2CCc1ccccc1. The summed E-state index contributed by atoms with van der Waals surface area (Å²) in [6, 6.07) is 12.2. The molecule has 3 heterocycles. The summed E-state index contributed by atoms with van der Waals surface area (Å²) in [4.78, 5) is 23.4. The van der Waals surface area contributed by atoms with E-state index in [2.05, 4.69) is 22.1 Å². The van der Waals surface area contributed by atoms with Crippen molar-refractivity contribution >= 4 is 17.1 Å². The molecule has 1 fully saturated rings. The Morgan fingerprint density at radius 1 is 1.30 bits per heavy atom. The smallest absolute Gasteiger partial charge is 0.255 e. The number of hydrogen-bond acceptors (Lipinski definition) is 4. The summed E-state index contributed by atoms with van der Waals surface area (Å²) < 4.78 is 7.43. The molecule has 1 aromatic carbocycles. The van der Waals surface area contributed by atoms with Gasteiger partial charge in [-0.3, -0.25) is 4.79 Å². The van der Waals surface area contributed by atoms with E-state index in [1.165, 1.54) is 5.56 Å². The number of ether oxygens (including phenoxy) is 1. The fraction of sp³-hybridized carbons (Fsp3) is 0.381. The average molecular weight is 364 g/mol. The molecule has 1 amide bonds. The van der Waals surface area contributed by atoms with Crippen LogP contribution in [0.2, 0.25) is 0 Å². The lowest BCUT2D eigenvalue weighted by Crippen LogP contribution is -2.32. The standard InChI is InChI=1S/C21H24N4O2/c1-24(13-17-8-10-27-14-17)21(26)18-11-19-20(22-12-18)25(15-23-19)9-7-16-5-3-2-4-6-16/h2-6,11-12,15,17H,7-10,13-14H2,1H3. The lowest BCUT2D eigenvalue weighted by Gasteiger charge is -2.20. The van der Waals surface area contributed by atoms with E-state index in [0.29, 0.717) is 18.0 Å². The molecule has 0 bridgehead atoms. The van der Waals surface area contributed by atoms with Crippen molar-refractivity contribution in [3.63, 3.8) is 0 Å². The fourth-order valence-electron chi connectivity index (χ4n) is 3.54. The molecule has 0 aliphatic carbocycles. The highest BCUT2D eigenvalue weighted by Gasteiger charge is 2.21. The van der Waals surface area contributed by atoms with Gasteiger partial charge in [-0.25, -0.2) is 9.97 Å². The van der Waals surface area contributed by atoms with Crippen molar-refractivity contribution < 1.29 is 9.53 Å². The van der Waals surface area contributed by atoms with Crippen molar-refractivity contribution in [2.75, 3.05) is 26.8 Å². The molecule has 0 N–H and O–H groups in total. The number of pyridine rings is 1. The number of imidazole rings is 1. The van der Waals surface area contributed by atoms with Crippen molar-refractivity contribution in [2.24, 2.45) is 5.92 Å². The van der Waals surface area contributed by atoms with E-state index >= 15 is 0 Å². The predicted molar refractivity (Wildman–Crippen MR) is 104 cm³/mol. The third-order valence-corrected chi connectivity index (χ3v) is 5.09. The normalized spacial score (nSPS) is 16.7. The molecule has 6 heteroatoms. The second-order valence-electron chi connectivity index (χ2n) is 7.16. The molecule has 0 spiro atoms. The van der Waals surface area contributed by atoms with Crippen LogP contribution in [0.1, 0.15) is 22.3 Å². The van der Waals surface area contributed by atoms with E-state index < -0.39 is 0 Å². The summed E-state index contributed by atoms with van der Waals surface area (Å²) in [5, 5.41) is 0. The van der Waals surface area contributed by atoms with Gasteiger partial charge in [0.1, 0.15) is 5.52 Å². The minimum absolute atomic E-state index is 0.0184. The largest absolute Gasteiger partial charge is 0.381 e. The number of nitrogens with zero attached hydrogens (tertiary/aromatic N) is 4. The summed E-state index contributed by atoms with van der Waals surface area (Å²) in [6.07, 6.45) is 5.39. The van der Waals surface area contributed by atoms with Gasteiger partial charge >= 0.3 is 0 Å². The molecule has 1 saturated heterocycles. The van der Waals surface area contributed by atoms with E-state index in [0.717, 1.165) is 43.8 Å². The van der Waals surface area contributed by atoms with E-state index in [1.54, 1.807) is 17.4 Å². The van der Waals surface area contributed by atoms with Crippen LogP contribution in [0.4, 0.5) is 0 Å². The molecule has 4 rings (SSSR count). The Morgan fingerprint density at radius 3 is 2.93 bits per heavy atom. The first kappa shape index (κ1) is 17.7. The van der Waals surface area contributed by atoms with Crippen molar-refractivity contribution in [3.05, 3.63) is 60.0 Å². The highest BCUT2D eigenvalue weighted by Crippen LogP contribution is 2.17. The van der Waals surface area contributed by atoms with Gasteiger partial charge in [0.2, 0.25) is 0 Å². The Balaban J connectivity index is 1.45. The Kier molecular flexibility index (Phi) is 5.16. The minimum atomic E-state index is -0.0184. The van der Waals surface area contributed by atoms with Gasteiger partial charge in [0.25, 0.3) is 5.91 Å². The molecule has 2 aromatic heterocycles. The van der Waals surface area contributed by atoms with E-state index in [-0.39, 0.29) is 5.91 Å². The van der Waals surface area contributed by atoms with Crippen molar-refractivity contribution in [2.45, 2.75) is 19.4 Å². The zero-order chi connectivity index (χ0) is 18.6.